The summed E-state index contributed by atoms with van der Waals surface area (Å²) in [6.07, 6.45) is 3.16. The van der Waals surface area contributed by atoms with Crippen molar-refractivity contribution in [1.82, 2.24) is 10.3 Å². The third kappa shape index (κ3) is 3.57. The van der Waals surface area contributed by atoms with E-state index in [4.69, 9.17) is 25.8 Å². The fraction of sp³-hybridized carbons (Fsp3) is 0.316. The van der Waals surface area contributed by atoms with E-state index in [-0.39, 0.29) is 0 Å². The number of nitrogens with one attached hydrogen (secondary N) is 1. The summed E-state index contributed by atoms with van der Waals surface area (Å²) >= 11 is 6.17. The summed E-state index contributed by atoms with van der Waals surface area (Å²) < 4.78 is 17.2. The number of rotatable bonds is 4. The van der Waals surface area contributed by atoms with Crippen molar-refractivity contribution in [3.05, 3.63) is 52.7 Å². The average Bonchev–Trinajstić information content (AvgIpc) is 2.69. The van der Waals surface area contributed by atoms with E-state index < -0.39 is 0 Å². The van der Waals surface area contributed by atoms with Crippen LogP contribution in [0.25, 0.3) is 5.57 Å². The Morgan fingerprint density at radius 2 is 2.00 bits per heavy atom. The number of nitrogens with zero attached hydrogens (tertiary/aromatic N) is 1. The van der Waals surface area contributed by atoms with Crippen LogP contribution in [0.3, 0.4) is 0 Å². The maximum atomic E-state index is 6.17. The number of hydrogen-bond donors (Lipinski definition) is 1. The van der Waals surface area contributed by atoms with E-state index in [1.54, 1.807) is 6.07 Å². The van der Waals surface area contributed by atoms with Gasteiger partial charge in [-0.15, -0.1) is 0 Å². The van der Waals surface area contributed by atoms with E-state index >= 15 is 0 Å². The van der Waals surface area contributed by atoms with Crippen LogP contribution in [0, 0.1) is 0 Å². The fourth-order valence-corrected chi connectivity index (χ4v) is 3.16. The molecule has 0 saturated heterocycles. The molecule has 4 rings (SSSR count). The van der Waals surface area contributed by atoms with Gasteiger partial charge in [-0.05, 0) is 30.7 Å². The predicted molar refractivity (Wildman–Crippen MR) is 96.5 cm³/mol. The van der Waals surface area contributed by atoms with Crippen LogP contribution < -0.4 is 19.5 Å². The standard InChI is InChI=1S/C19H19ClN2O3/c20-15-5-4-14(18-19(15)24-11-10-23-18)12-25-17-3-1-2-16(22-17)13-6-8-21-9-7-13/h1-6,21H,7-12H2. The summed E-state index contributed by atoms with van der Waals surface area (Å²) in [6, 6.07) is 9.56. The fourth-order valence-electron chi connectivity index (χ4n) is 2.95. The highest BCUT2D eigenvalue weighted by Crippen LogP contribution is 2.40. The zero-order valence-corrected chi connectivity index (χ0v) is 14.5. The molecule has 0 saturated carbocycles. The summed E-state index contributed by atoms with van der Waals surface area (Å²) in [7, 11) is 0. The van der Waals surface area contributed by atoms with Crippen LogP contribution in [0.2, 0.25) is 5.02 Å². The molecule has 0 spiro atoms. The Kier molecular flexibility index (Phi) is 4.76. The number of hydrogen-bond acceptors (Lipinski definition) is 5. The highest BCUT2D eigenvalue weighted by Gasteiger charge is 2.19. The van der Waals surface area contributed by atoms with Gasteiger partial charge in [0, 0.05) is 18.2 Å². The molecule has 0 atom stereocenters. The number of pyridine rings is 1. The summed E-state index contributed by atoms with van der Waals surface area (Å²) in [4.78, 5) is 4.62. The number of halogens is 1. The molecular weight excluding hydrogens is 340 g/mol. The van der Waals surface area contributed by atoms with E-state index in [0.717, 1.165) is 30.8 Å². The summed E-state index contributed by atoms with van der Waals surface area (Å²) in [5.74, 6) is 1.85. The topological polar surface area (TPSA) is 52.6 Å². The van der Waals surface area contributed by atoms with Crippen LogP contribution in [-0.4, -0.2) is 31.3 Å². The van der Waals surface area contributed by atoms with Gasteiger partial charge in [-0.1, -0.05) is 29.8 Å². The highest BCUT2D eigenvalue weighted by atomic mass is 35.5. The Balaban J connectivity index is 1.51. The van der Waals surface area contributed by atoms with Crippen molar-refractivity contribution in [3.8, 4) is 17.4 Å². The molecule has 5 nitrogen and oxygen atoms in total. The van der Waals surface area contributed by atoms with Gasteiger partial charge in [-0.3, -0.25) is 0 Å². The third-order valence-corrected chi connectivity index (χ3v) is 4.51. The monoisotopic (exact) mass is 358 g/mol. The van der Waals surface area contributed by atoms with Gasteiger partial charge < -0.3 is 19.5 Å². The molecule has 1 aromatic carbocycles. The minimum Gasteiger partial charge on any atom is -0.486 e. The SMILES string of the molecule is Clc1ccc(COc2cccc(C3=CCNCC3)n2)c2c1OCCO2. The Hall–Kier alpha value is -2.24. The van der Waals surface area contributed by atoms with E-state index in [0.29, 0.717) is 42.2 Å². The van der Waals surface area contributed by atoms with Crippen LogP contribution in [0.4, 0.5) is 0 Å². The smallest absolute Gasteiger partial charge is 0.214 e. The van der Waals surface area contributed by atoms with E-state index in [2.05, 4.69) is 16.4 Å². The molecule has 0 radical (unpaired) electrons. The molecule has 25 heavy (non-hydrogen) atoms. The molecule has 2 aromatic rings. The molecule has 1 N–H and O–H groups in total. The molecule has 0 bridgehead atoms. The lowest BCUT2D eigenvalue weighted by Crippen LogP contribution is -2.20. The summed E-state index contributed by atoms with van der Waals surface area (Å²) in [5.41, 5.74) is 3.12. The highest BCUT2D eigenvalue weighted by molar-refractivity contribution is 6.32. The molecular formula is C19H19ClN2O3. The zero-order chi connectivity index (χ0) is 17.1. The lowest BCUT2D eigenvalue weighted by Gasteiger charge is -2.22. The molecule has 0 fully saturated rings. The first-order chi connectivity index (χ1) is 12.3. The minimum absolute atomic E-state index is 0.347. The van der Waals surface area contributed by atoms with Crippen molar-refractivity contribution in [2.24, 2.45) is 0 Å². The van der Waals surface area contributed by atoms with Crippen LogP contribution in [0.1, 0.15) is 17.7 Å². The van der Waals surface area contributed by atoms with Crippen molar-refractivity contribution in [2.75, 3.05) is 26.3 Å². The maximum absolute atomic E-state index is 6.17. The van der Waals surface area contributed by atoms with E-state index in [1.165, 1.54) is 5.57 Å². The van der Waals surface area contributed by atoms with Crippen molar-refractivity contribution in [1.29, 1.82) is 0 Å². The third-order valence-electron chi connectivity index (χ3n) is 4.21. The van der Waals surface area contributed by atoms with Gasteiger partial charge in [0.15, 0.2) is 11.5 Å². The van der Waals surface area contributed by atoms with Crippen molar-refractivity contribution in [2.45, 2.75) is 13.0 Å². The van der Waals surface area contributed by atoms with Crippen LogP contribution in [0.15, 0.2) is 36.4 Å². The lowest BCUT2D eigenvalue weighted by molar-refractivity contribution is 0.166. The van der Waals surface area contributed by atoms with E-state index in [1.807, 2.05) is 24.3 Å². The Labute approximate surface area is 151 Å². The minimum atomic E-state index is 0.347. The first kappa shape index (κ1) is 16.2. The number of fused-ring (bicyclic) bond motifs is 1. The normalized spacial score (nSPS) is 16.3. The van der Waals surface area contributed by atoms with Gasteiger partial charge in [-0.25, -0.2) is 4.98 Å². The average molecular weight is 359 g/mol. The van der Waals surface area contributed by atoms with Crippen LogP contribution in [0.5, 0.6) is 17.4 Å². The second-order valence-electron chi connectivity index (χ2n) is 5.89. The van der Waals surface area contributed by atoms with Gasteiger partial charge in [0.05, 0.1) is 10.7 Å². The number of ether oxygens (including phenoxy) is 3. The molecule has 2 aliphatic heterocycles. The molecule has 0 amide bonds. The zero-order valence-electron chi connectivity index (χ0n) is 13.8. The van der Waals surface area contributed by atoms with Crippen molar-refractivity contribution < 1.29 is 14.2 Å². The molecule has 3 heterocycles. The first-order valence-electron chi connectivity index (χ1n) is 8.38. The molecule has 6 heteroatoms. The molecule has 1 aromatic heterocycles. The first-order valence-corrected chi connectivity index (χ1v) is 8.76. The van der Waals surface area contributed by atoms with E-state index in [9.17, 15) is 0 Å². The predicted octanol–water partition coefficient (Wildman–Crippen LogP) is 3.46. The van der Waals surface area contributed by atoms with Crippen LogP contribution >= 0.6 is 11.6 Å². The number of benzene rings is 1. The van der Waals surface area contributed by atoms with Crippen molar-refractivity contribution >= 4 is 17.2 Å². The molecule has 130 valence electrons. The Morgan fingerprint density at radius 1 is 1.12 bits per heavy atom. The second kappa shape index (κ2) is 7.33. The van der Waals surface area contributed by atoms with Gasteiger partial charge >= 0.3 is 0 Å². The number of aromatic nitrogens is 1. The summed E-state index contributed by atoms with van der Waals surface area (Å²) in [6.45, 7) is 3.23. The van der Waals surface area contributed by atoms with Crippen LogP contribution in [-0.2, 0) is 6.61 Å². The van der Waals surface area contributed by atoms with Gasteiger partial charge in [-0.2, -0.15) is 0 Å². The maximum Gasteiger partial charge on any atom is 0.214 e. The summed E-state index contributed by atoms with van der Waals surface area (Å²) in [5, 5.41) is 3.86. The van der Waals surface area contributed by atoms with Gasteiger partial charge in [0.1, 0.15) is 19.8 Å². The van der Waals surface area contributed by atoms with Gasteiger partial charge in [0.2, 0.25) is 5.88 Å². The van der Waals surface area contributed by atoms with Gasteiger partial charge in [0.25, 0.3) is 0 Å². The van der Waals surface area contributed by atoms with Crippen molar-refractivity contribution in [3.63, 3.8) is 0 Å². The quantitative estimate of drug-likeness (QED) is 0.907. The lowest BCUT2D eigenvalue weighted by atomic mass is 10.1. The molecule has 0 aliphatic carbocycles. The largest absolute Gasteiger partial charge is 0.486 e. The Bertz CT molecular complexity index is 807. The molecule has 2 aliphatic rings. The second-order valence-corrected chi connectivity index (χ2v) is 6.30. The molecule has 0 unspecified atom stereocenters. The Morgan fingerprint density at radius 3 is 2.84 bits per heavy atom.